The second-order valence-electron chi connectivity index (χ2n) is 7.22. The first-order valence-electron chi connectivity index (χ1n) is 9.30. The van der Waals surface area contributed by atoms with Crippen LogP contribution in [0, 0.1) is 5.92 Å². The number of nitrogens with one attached hydrogen (secondary N) is 1. The highest BCUT2D eigenvalue weighted by Gasteiger charge is 2.15. The highest BCUT2D eigenvalue weighted by atomic mass is 16.5. The average Bonchev–Trinajstić information content (AvgIpc) is 2.61. The van der Waals surface area contributed by atoms with Gasteiger partial charge in [0.15, 0.2) is 5.96 Å². The first kappa shape index (κ1) is 19.7. The molecule has 0 bridgehead atoms. The summed E-state index contributed by atoms with van der Waals surface area (Å²) in [6.45, 7) is 4.64. The summed E-state index contributed by atoms with van der Waals surface area (Å²) in [6, 6.07) is 8.75. The molecule has 5 nitrogen and oxygen atoms in total. The summed E-state index contributed by atoms with van der Waals surface area (Å²) in [7, 11) is 8.17. The zero-order valence-electron chi connectivity index (χ0n) is 16.3. The summed E-state index contributed by atoms with van der Waals surface area (Å²) in [6.07, 6.45) is 3.59. The maximum absolute atomic E-state index is 5.44. The van der Waals surface area contributed by atoms with Gasteiger partial charge in [0.05, 0.1) is 0 Å². The summed E-state index contributed by atoms with van der Waals surface area (Å²) in [5, 5.41) is 3.49. The van der Waals surface area contributed by atoms with Gasteiger partial charge in [0.2, 0.25) is 0 Å². The number of hydrogen-bond donors (Lipinski definition) is 1. The molecule has 2 rings (SSSR count). The number of nitrogens with zero attached hydrogens (tertiary/aromatic N) is 3. The van der Waals surface area contributed by atoms with Gasteiger partial charge in [0.25, 0.3) is 0 Å². The van der Waals surface area contributed by atoms with Crippen LogP contribution >= 0.6 is 0 Å². The Kier molecular flexibility index (Phi) is 8.22. The van der Waals surface area contributed by atoms with Gasteiger partial charge in [0, 0.05) is 46.9 Å². The van der Waals surface area contributed by atoms with E-state index in [0.717, 1.165) is 44.7 Å². The molecule has 0 unspecified atom stereocenters. The van der Waals surface area contributed by atoms with E-state index in [2.05, 4.69) is 65.5 Å². The van der Waals surface area contributed by atoms with Crippen molar-refractivity contribution in [3.05, 3.63) is 35.4 Å². The molecule has 1 saturated heterocycles. The van der Waals surface area contributed by atoms with Crippen molar-refractivity contribution in [3.63, 3.8) is 0 Å². The first-order valence-corrected chi connectivity index (χ1v) is 9.30. The third-order valence-electron chi connectivity index (χ3n) is 4.73. The average molecular weight is 347 g/mol. The standard InChI is InChI=1S/C20H34N4O/c1-21-20(24(4)11-8-17-9-12-25-13-10-17)22-15-18-6-5-7-19(14-18)16-23(2)3/h5-7,14,17H,8-13,15-16H2,1-4H3,(H,21,22). The van der Waals surface area contributed by atoms with Crippen molar-refractivity contribution in [3.8, 4) is 0 Å². The van der Waals surface area contributed by atoms with E-state index in [-0.39, 0.29) is 0 Å². The Labute approximate surface area is 153 Å². The maximum Gasteiger partial charge on any atom is 0.193 e. The molecule has 1 aliphatic heterocycles. The van der Waals surface area contributed by atoms with Crippen molar-refractivity contribution in [1.82, 2.24) is 15.1 Å². The zero-order valence-corrected chi connectivity index (χ0v) is 16.3. The molecule has 0 radical (unpaired) electrons. The molecular formula is C20H34N4O. The molecule has 0 spiro atoms. The molecule has 0 aromatic heterocycles. The number of hydrogen-bond acceptors (Lipinski definition) is 3. The van der Waals surface area contributed by atoms with Gasteiger partial charge in [-0.2, -0.15) is 0 Å². The van der Waals surface area contributed by atoms with Crippen LogP contribution in [0.1, 0.15) is 30.4 Å². The number of ether oxygens (including phenoxy) is 1. The fourth-order valence-electron chi connectivity index (χ4n) is 3.29. The second-order valence-corrected chi connectivity index (χ2v) is 7.22. The van der Waals surface area contributed by atoms with Gasteiger partial charge >= 0.3 is 0 Å². The third kappa shape index (κ3) is 7.04. The lowest BCUT2D eigenvalue weighted by Crippen LogP contribution is -2.39. The lowest BCUT2D eigenvalue weighted by atomic mass is 9.96. The van der Waals surface area contributed by atoms with E-state index in [1.54, 1.807) is 0 Å². The summed E-state index contributed by atoms with van der Waals surface area (Å²) >= 11 is 0. The molecule has 1 aromatic carbocycles. The molecule has 1 N–H and O–H groups in total. The third-order valence-corrected chi connectivity index (χ3v) is 4.73. The fourth-order valence-corrected chi connectivity index (χ4v) is 3.29. The van der Waals surface area contributed by atoms with Crippen molar-refractivity contribution in [2.24, 2.45) is 10.9 Å². The lowest BCUT2D eigenvalue weighted by Gasteiger charge is -2.27. The quantitative estimate of drug-likeness (QED) is 0.608. The van der Waals surface area contributed by atoms with E-state index in [9.17, 15) is 0 Å². The number of rotatable bonds is 7. The minimum absolute atomic E-state index is 0.789. The number of benzene rings is 1. The second kappa shape index (κ2) is 10.4. The van der Waals surface area contributed by atoms with Crippen molar-refractivity contribution in [2.45, 2.75) is 32.4 Å². The van der Waals surface area contributed by atoms with E-state index in [4.69, 9.17) is 4.74 Å². The molecule has 1 aliphatic rings. The molecule has 0 saturated carbocycles. The van der Waals surface area contributed by atoms with E-state index in [1.165, 1.54) is 30.4 Å². The van der Waals surface area contributed by atoms with Gasteiger partial charge in [-0.25, -0.2) is 0 Å². The van der Waals surface area contributed by atoms with Crippen molar-refractivity contribution in [1.29, 1.82) is 0 Å². The van der Waals surface area contributed by atoms with Crippen LogP contribution < -0.4 is 5.32 Å². The van der Waals surface area contributed by atoms with Crippen LogP contribution in [0.5, 0.6) is 0 Å². The van der Waals surface area contributed by atoms with Crippen LogP contribution in [0.4, 0.5) is 0 Å². The Morgan fingerprint density at radius 2 is 1.92 bits per heavy atom. The van der Waals surface area contributed by atoms with E-state index >= 15 is 0 Å². The Balaban J connectivity index is 1.80. The summed E-state index contributed by atoms with van der Waals surface area (Å²) in [5.74, 6) is 1.75. The van der Waals surface area contributed by atoms with Gasteiger partial charge in [-0.05, 0) is 50.4 Å². The zero-order chi connectivity index (χ0) is 18.1. The predicted octanol–water partition coefficient (Wildman–Crippen LogP) is 2.57. The first-order chi connectivity index (χ1) is 12.1. The van der Waals surface area contributed by atoms with Gasteiger partial charge in [-0.1, -0.05) is 24.3 Å². The Hall–Kier alpha value is -1.59. The molecule has 0 amide bonds. The smallest absolute Gasteiger partial charge is 0.193 e. The topological polar surface area (TPSA) is 40.1 Å². The van der Waals surface area contributed by atoms with Gasteiger partial charge in [0.1, 0.15) is 0 Å². The van der Waals surface area contributed by atoms with Crippen LogP contribution in [0.15, 0.2) is 29.3 Å². The van der Waals surface area contributed by atoms with Crippen molar-refractivity contribution < 1.29 is 4.74 Å². The van der Waals surface area contributed by atoms with Gasteiger partial charge in [-0.15, -0.1) is 0 Å². The molecule has 1 heterocycles. The molecule has 1 aromatic rings. The van der Waals surface area contributed by atoms with Gasteiger partial charge in [-0.3, -0.25) is 4.99 Å². The summed E-state index contributed by atoms with van der Waals surface area (Å²) in [5.41, 5.74) is 2.63. The van der Waals surface area contributed by atoms with Crippen molar-refractivity contribution in [2.75, 3.05) is 47.9 Å². The largest absolute Gasteiger partial charge is 0.381 e. The minimum Gasteiger partial charge on any atom is -0.381 e. The monoisotopic (exact) mass is 346 g/mol. The Morgan fingerprint density at radius 3 is 2.60 bits per heavy atom. The van der Waals surface area contributed by atoms with E-state index in [1.807, 2.05) is 7.05 Å². The summed E-state index contributed by atoms with van der Waals surface area (Å²) in [4.78, 5) is 8.86. The molecule has 5 heteroatoms. The highest BCUT2D eigenvalue weighted by Crippen LogP contribution is 2.18. The molecule has 0 aliphatic carbocycles. The van der Waals surface area contributed by atoms with Crippen molar-refractivity contribution >= 4 is 5.96 Å². The van der Waals surface area contributed by atoms with Crippen LogP contribution in [-0.4, -0.2) is 63.7 Å². The van der Waals surface area contributed by atoms with E-state index in [0.29, 0.717) is 0 Å². The molecular weight excluding hydrogens is 312 g/mol. The maximum atomic E-state index is 5.44. The van der Waals surface area contributed by atoms with Crippen LogP contribution in [-0.2, 0) is 17.8 Å². The lowest BCUT2D eigenvalue weighted by molar-refractivity contribution is 0.0625. The van der Waals surface area contributed by atoms with Crippen LogP contribution in [0.25, 0.3) is 0 Å². The van der Waals surface area contributed by atoms with E-state index < -0.39 is 0 Å². The fraction of sp³-hybridized carbons (Fsp3) is 0.650. The van der Waals surface area contributed by atoms with Crippen LogP contribution in [0.3, 0.4) is 0 Å². The Morgan fingerprint density at radius 1 is 1.20 bits per heavy atom. The van der Waals surface area contributed by atoms with Crippen LogP contribution in [0.2, 0.25) is 0 Å². The normalized spacial score (nSPS) is 16.3. The molecule has 140 valence electrons. The minimum atomic E-state index is 0.789. The number of guanidine groups is 1. The van der Waals surface area contributed by atoms with Gasteiger partial charge < -0.3 is 19.9 Å². The highest BCUT2D eigenvalue weighted by molar-refractivity contribution is 5.79. The summed E-state index contributed by atoms with van der Waals surface area (Å²) < 4.78 is 5.44. The Bertz CT molecular complexity index is 538. The SMILES string of the molecule is CN=C(NCc1cccc(CN(C)C)c1)N(C)CCC1CCOCC1. The predicted molar refractivity (Wildman–Crippen MR) is 105 cm³/mol. The molecule has 1 fully saturated rings. The molecule has 0 atom stereocenters. The molecule has 25 heavy (non-hydrogen) atoms. The number of aliphatic imine (C=N–C) groups is 1.